The van der Waals surface area contributed by atoms with Crippen molar-refractivity contribution in [1.29, 1.82) is 0 Å². The molecule has 0 saturated heterocycles. The molecule has 188 valence electrons. The van der Waals surface area contributed by atoms with Crippen LogP contribution in [0.1, 0.15) is 79.1 Å². The molecule has 0 atom stereocenters. The molecular weight excluding hydrogens is 457 g/mol. The van der Waals surface area contributed by atoms with Gasteiger partial charge in [0, 0.05) is 22.5 Å². The van der Waals surface area contributed by atoms with E-state index in [4.69, 9.17) is 0 Å². The van der Waals surface area contributed by atoms with Crippen LogP contribution in [-0.2, 0) is 36.5 Å². The summed E-state index contributed by atoms with van der Waals surface area (Å²) in [5.74, 6) is 0. The lowest BCUT2D eigenvalue weighted by molar-refractivity contribution is 0.588. The average molecular weight is 494 g/mol. The molecule has 0 N–H and O–H groups in total. The van der Waals surface area contributed by atoms with Gasteiger partial charge in [-0.2, -0.15) is 0 Å². The SMILES string of the molecule is Cc1cc2c3c(c1)C(C)(C)c1ccc(C(C)(C)C)cc1B3c1cc3c(cc1N2c1ccc2c(c1)CC2)CC3. The van der Waals surface area contributed by atoms with Crippen molar-refractivity contribution in [3.63, 3.8) is 0 Å². The fourth-order valence-corrected chi connectivity index (χ4v) is 7.65. The molecule has 1 nitrogen and oxygen atoms in total. The first-order valence-corrected chi connectivity index (χ1v) is 14.5. The lowest BCUT2D eigenvalue weighted by Gasteiger charge is -2.46. The Hall–Kier alpha value is -3.26. The molecule has 2 heteroatoms. The van der Waals surface area contributed by atoms with Gasteiger partial charge >= 0.3 is 0 Å². The van der Waals surface area contributed by atoms with E-state index in [0.29, 0.717) is 0 Å². The summed E-state index contributed by atoms with van der Waals surface area (Å²) in [4.78, 5) is 2.61. The van der Waals surface area contributed by atoms with Crippen molar-refractivity contribution in [2.24, 2.45) is 0 Å². The number of hydrogen-bond donors (Lipinski definition) is 0. The zero-order chi connectivity index (χ0) is 26.1. The second-order valence-corrected chi connectivity index (χ2v) is 13.8. The molecule has 0 unspecified atom stereocenters. The summed E-state index contributed by atoms with van der Waals surface area (Å²) in [6, 6.07) is 24.7. The van der Waals surface area contributed by atoms with Crippen LogP contribution in [0.15, 0.2) is 60.7 Å². The van der Waals surface area contributed by atoms with Crippen molar-refractivity contribution in [3.05, 3.63) is 105 Å². The van der Waals surface area contributed by atoms with Crippen molar-refractivity contribution < 1.29 is 0 Å². The summed E-state index contributed by atoms with van der Waals surface area (Å²) in [6.45, 7) is 14.5. The van der Waals surface area contributed by atoms with Gasteiger partial charge in [-0.3, -0.25) is 0 Å². The summed E-state index contributed by atoms with van der Waals surface area (Å²) in [7, 11) is 0. The Bertz CT molecular complexity index is 1700. The molecule has 0 radical (unpaired) electrons. The van der Waals surface area contributed by atoms with Crippen LogP contribution in [0.4, 0.5) is 17.1 Å². The Morgan fingerprint density at radius 2 is 1.39 bits per heavy atom. The summed E-state index contributed by atoms with van der Waals surface area (Å²) in [5.41, 5.74) is 20.6. The first-order valence-electron chi connectivity index (χ1n) is 14.5. The molecule has 4 aliphatic rings. The van der Waals surface area contributed by atoms with Crippen molar-refractivity contribution in [1.82, 2.24) is 0 Å². The van der Waals surface area contributed by atoms with Crippen LogP contribution in [0.25, 0.3) is 0 Å². The van der Waals surface area contributed by atoms with Crippen LogP contribution in [0.5, 0.6) is 0 Å². The van der Waals surface area contributed by atoms with Gasteiger partial charge in [0.2, 0.25) is 6.71 Å². The molecule has 38 heavy (non-hydrogen) atoms. The van der Waals surface area contributed by atoms with Crippen molar-refractivity contribution >= 4 is 40.2 Å². The Kier molecular flexibility index (Phi) is 4.32. The molecule has 8 rings (SSSR count). The van der Waals surface area contributed by atoms with Crippen molar-refractivity contribution in [3.8, 4) is 0 Å². The van der Waals surface area contributed by atoms with Crippen LogP contribution in [-0.4, -0.2) is 6.71 Å². The van der Waals surface area contributed by atoms with Gasteiger partial charge in [0.05, 0.1) is 0 Å². The molecule has 0 aromatic heterocycles. The normalized spacial score (nSPS) is 17.4. The van der Waals surface area contributed by atoms with Gasteiger partial charge in [0.25, 0.3) is 0 Å². The average Bonchev–Trinajstić information content (AvgIpc) is 2.83. The summed E-state index contributed by atoms with van der Waals surface area (Å²) in [5, 5.41) is 0. The maximum atomic E-state index is 2.61. The second-order valence-electron chi connectivity index (χ2n) is 13.8. The van der Waals surface area contributed by atoms with E-state index >= 15 is 0 Å². The third kappa shape index (κ3) is 2.90. The van der Waals surface area contributed by atoms with Gasteiger partial charge in [-0.25, -0.2) is 0 Å². The number of aryl methyl sites for hydroxylation is 5. The zero-order valence-corrected chi connectivity index (χ0v) is 23.6. The van der Waals surface area contributed by atoms with E-state index in [1.165, 1.54) is 98.1 Å². The van der Waals surface area contributed by atoms with Gasteiger partial charge in [0.15, 0.2) is 0 Å². The highest BCUT2D eigenvalue weighted by atomic mass is 15.2. The molecule has 0 saturated carbocycles. The van der Waals surface area contributed by atoms with E-state index in [2.05, 4.69) is 107 Å². The van der Waals surface area contributed by atoms with Gasteiger partial charge in [-0.1, -0.05) is 76.5 Å². The highest BCUT2D eigenvalue weighted by molar-refractivity contribution is 6.99. The summed E-state index contributed by atoms with van der Waals surface area (Å²) in [6.07, 6.45) is 4.85. The van der Waals surface area contributed by atoms with E-state index in [-0.39, 0.29) is 17.5 Å². The highest BCUT2D eigenvalue weighted by Crippen LogP contribution is 2.45. The Morgan fingerprint density at radius 3 is 2.08 bits per heavy atom. The molecule has 2 aliphatic carbocycles. The fourth-order valence-electron chi connectivity index (χ4n) is 7.65. The van der Waals surface area contributed by atoms with Gasteiger partial charge < -0.3 is 4.90 Å². The van der Waals surface area contributed by atoms with Crippen LogP contribution < -0.4 is 21.3 Å². The van der Waals surface area contributed by atoms with Gasteiger partial charge in [-0.15, -0.1) is 0 Å². The minimum Gasteiger partial charge on any atom is -0.311 e. The number of hydrogen-bond acceptors (Lipinski definition) is 1. The van der Waals surface area contributed by atoms with Gasteiger partial charge in [0.1, 0.15) is 0 Å². The van der Waals surface area contributed by atoms with Crippen molar-refractivity contribution in [2.45, 2.75) is 78.1 Å². The minimum atomic E-state index is -0.0538. The van der Waals surface area contributed by atoms with Crippen LogP contribution in [0.2, 0.25) is 0 Å². The first kappa shape index (κ1) is 22.7. The molecule has 4 aromatic rings. The molecule has 0 fully saturated rings. The number of rotatable bonds is 1. The maximum Gasteiger partial charge on any atom is 0.247 e. The Morgan fingerprint density at radius 1 is 0.684 bits per heavy atom. The smallest absolute Gasteiger partial charge is 0.247 e. The molecule has 0 bridgehead atoms. The van der Waals surface area contributed by atoms with Crippen LogP contribution in [0, 0.1) is 6.92 Å². The molecule has 0 amide bonds. The third-order valence-corrected chi connectivity index (χ3v) is 10.1. The zero-order valence-electron chi connectivity index (χ0n) is 23.6. The molecule has 0 spiro atoms. The predicted molar refractivity (Wildman–Crippen MR) is 163 cm³/mol. The lowest BCUT2D eigenvalue weighted by Crippen LogP contribution is -2.64. The van der Waals surface area contributed by atoms with E-state index in [1.807, 2.05) is 0 Å². The Labute approximate surface area is 228 Å². The van der Waals surface area contributed by atoms with E-state index in [1.54, 1.807) is 5.56 Å². The van der Waals surface area contributed by atoms with E-state index < -0.39 is 0 Å². The predicted octanol–water partition coefficient (Wildman–Crippen LogP) is 6.43. The molecular formula is C36H36BN. The van der Waals surface area contributed by atoms with Crippen LogP contribution >= 0.6 is 0 Å². The highest BCUT2D eigenvalue weighted by Gasteiger charge is 2.47. The number of fused-ring (bicyclic) bond motifs is 6. The van der Waals surface area contributed by atoms with Crippen LogP contribution in [0.3, 0.4) is 0 Å². The monoisotopic (exact) mass is 493 g/mol. The second kappa shape index (κ2) is 7.23. The Balaban J connectivity index is 1.48. The molecule has 4 aromatic carbocycles. The first-order chi connectivity index (χ1) is 18.1. The maximum absolute atomic E-state index is 2.61. The topological polar surface area (TPSA) is 3.24 Å². The largest absolute Gasteiger partial charge is 0.311 e. The standard InChI is InChI=1S/C36H36BN/c1-21-15-29-34-33(16-21)38(27-13-11-22-7-8-23(22)17-27)32-19-25-10-9-24(25)18-31(32)37(34)30-20-26(35(2,3)4)12-14-28(30)36(29,5)6/h11-20H,7-10H2,1-6H3. The molecule has 2 aliphatic heterocycles. The fraction of sp³-hybridized carbons (Fsp3) is 0.333. The van der Waals surface area contributed by atoms with E-state index in [0.717, 1.165) is 0 Å². The summed E-state index contributed by atoms with van der Waals surface area (Å²) < 4.78 is 0. The minimum absolute atomic E-state index is 0.0538. The lowest BCUT2D eigenvalue weighted by atomic mass is 9.29. The van der Waals surface area contributed by atoms with E-state index in [9.17, 15) is 0 Å². The quantitative estimate of drug-likeness (QED) is 0.243. The van der Waals surface area contributed by atoms with Gasteiger partial charge in [-0.05, 0) is 118 Å². The third-order valence-electron chi connectivity index (χ3n) is 10.1. The number of anilines is 3. The van der Waals surface area contributed by atoms with Crippen molar-refractivity contribution in [2.75, 3.05) is 4.90 Å². The summed E-state index contributed by atoms with van der Waals surface area (Å²) >= 11 is 0. The number of nitrogens with zero attached hydrogens (tertiary/aromatic N) is 1. The number of benzene rings is 4. The molecule has 2 heterocycles.